The molecule has 9 nitrogen and oxygen atoms in total. The van der Waals surface area contributed by atoms with Gasteiger partial charge in [0.2, 0.25) is 0 Å². The predicted octanol–water partition coefficient (Wildman–Crippen LogP) is 2.69. The number of anilines is 1. The highest BCUT2D eigenvalue weighted by atomic mass is 32.1. The van der Waals surface area contributed by atoms with Crippen LogP contribution >= 0.6 is 11.3 Å². The lowest BCUT2D eigenvalue weighted by molar-refractivity contribution is -0.389. The Kier molecular flexibility index (Phi) is 4.79. The Morgan fingerprint density at radius 3 is 2.88 bits per heavy atom. The Labute approximate surface area is 146 Å². The number of esters is 1. The average Bonchev–Trinajstić information content (AvgIpc) is 3.19. The number of aromatic nitrogens is 2. The largest absolute Gasteiger partial charge is 0.462 e. The Morgan fingerprint density at radius 2 is 2.20 bits per heavy atom. The molecule has 1 amide bonds. The fraction of sp³-hybridized carbons (Fsp3) is 0.400. The fourth-order valence-corrected chi connectivity index (χ4v) is 4.03. The number of nitrogens with one attached hydrogen (secondary N) is 2. The van der Waals surface area contributed by atoms with E-state index in [2.05, 4.69) is 15.5 Å². The number of H-pyrrole nitrogens is 1. The lowest BCUT2D eigenvalue weighted by atomic mass is 9.95. The van der Waals surface area contributed by atoms with Gasteiger partial charge in [0.15, 0.2) is 5.69 Å². The lowest BCUT2D eigenvalue weighted by Gasteiger charge is -2.12. The van der Waals surface area contributed by atoms with Crippen molar-refractivity contribution in [3.8, 4) is 0 Å². The van der Waals surface area contributed by atoms with Gasteiger partial charge in [0.05, 0.1) is 18.2 Å². The number of hydrogen-bond donors (Lipinski definition) is 2. The zero-order chi connectivity index (χ0) is 18.0. The predicted molar refractivity (Wildman–Crippen MR) is 90.1 cm³/mol. The molecule has 132 valence electrons. The SMILES string of the molecule is CCOC(=O)c1c(NC(=O)c2cc([N+](=O)[O-])[nH]n2)sc2c1CCCC2. The molecule has 0 atom stereocenters. The second kappa shape index (κ2) is 7.01. The van der Waals surface area contributed by atoms with Crippen LogP contribution in [-0.4, -0.2) is 33.6 Å². The summed E-state index contributed by atoms with van der Waals surface area (Å²) in [6.45, 7) is 1.96. The van der Waals surface area contributed by atoms with Gasteiger partial charge in [0.25, 0.3) is 5.91 Å². The van der Waals surface area contributed by atoms with E-state index >= 15 is 0 Å². The van der Waals surface area contributed by atoms with Crippen LogP contribution in [0.1, 0.15) is 51.1 Å². The van der Waals surface area contributed by atoms with Gasteiger partial charge in [0.1, 0.15) is 5.00 Å². The van der Waals surface area contributed by atoms with Crippen molar-refractivity contribution in [2.75, 3.05) is 11.9 Å². The topological polar surface area (TPSA) is 127 Å². The van der Waals surface area contributed by atoms with Gasteiger partial charge in [-0.25, -0.2) is 4.79 Å². The number of aromatic amines is 1. The lowest BCUT2D eigenvalue weighted by Crippen LogP contribution is -2.16. The van der Waals surface area contributed by atoms with Crippen LogP contribution in [0, 0.1) is 10.1 Å². The van der Waals surface area contributed by atoms with Gasteiger partial charge in [-0.15, -0.1) is 16.4 Å². The first-order chi connectivity index (χ1) is 12.0. The zero-order valence-electron chi connectivity index (χ0n) is 13.5. The van der Waals surface area contributed by atoms with E-state index in [1.165, 1.54) is 11.3 Å². The maximum atomic E-state index is 12.3. The van der Waals surface area contributed by atoms with E-state index in [4.69, 9.17) is 4.74 Å². The van der Waals surface area contributed by atoms with Crippen LogP contribution in [0.15, 0.2) is 6.07 Å². The summed E-state index contributed by atoms with van der Waals surface area (Å²) in [7, 11) is 0. The third kappa shape index (κ3) is 3.38. The van der Waals surface area contributed by atoms with E-state index in [0.29, 0.717) is 10.6 Å². The molecule has 25 heavy (non-hydrogen) atoms. The molecule has 1 aliphatic rings. The molecule has 10 heteroatoms. The van der Waals surface area contributed by atoms with Crippen LogP contribution in [0.5, 0.6) is 0 Å². The summed E-state index contributed by atoms with van der Waals surface area (Å²) in [5, 5.41) is 19.6. The van der Waals surface area contributed by atoms with Crippen molar-refractivity contribution in [2.24, 2.45) is 0 Å². The molecule has 2 heterocycles. The minimum atomic E-state index is -0.669. The number of nitro groups is 1. The Hall–Kier alpha value is -2.75. The third-order valence-electron chi connectivity index (χ3n) is 3.87. The molecule has 2 N–H and O–H groups in total. The van der Waals surface area contributed by atoms with Gasteiger partial charge < -0.3 is 20.2 Å². The average molecular weight is 364 g/mol. The van der Waals surface area contributed by atoms with Gasteiger partial charge in [0, 0.05) is 4.88 Å². The first-order valence-electron chi connectivity index (χ1n) is 7.84. The van der Waals surface area contributed by atoms with Crippen molar-refractivity contribution in [1.82, 2.24) is 10.2 Å². The molecule has 0 fully saturated rings. The molecule has 3 rings (SSSR count). The smallest absolute Gasteiger partial charge is 0.343 e. The molecule has 1 aliphatic carbocycles. The minimum absolute atomic E-state index is 0.118. The number of rotatable bonds is 5. The Balaban J connectivity index is 1.90. The summed E-state index contributed by atoms with van der Waals surface area (Å²) >= 11 is 1.35. The first-order valence-corrected chi connectivity index (χ1v) is 8.65. The van der Waals surface area contributed by atoms with Crippen LogP contribution in [0.2, 0.25) is 0 Å². The molecule has 0 bridgehead atoms. The minimum Gasteiger partial charge on any atom is -0.462 e. The van der Waals surface area contributed by atoms with Crippen LogP contribution < -0.4 is 5.32 Å². The Morgan fingerprint density at radius 1 is 1.44 bits per heavy atom. The summed E-state index contributed by atoms with van der Waals surface area (Å²) in [6, 6.07) is 1.05. The number of thiophene rings is 1. The van der Waals surface area contributed by atoms with E-state index in [-0.39, 0.29) is 18.1 Å². The van der Waals surface area contributed by atoms with Crippen molar-refractivity contribution < 1.29 is 19.2 Å². The number of nitrogens with zero attached hydrogens (tertiary/aromatic N) is 2. The second-order valence-corrected chi connectivity index (χ2v) is 6.59. The van der Waals surface area contributed by atoms with Crippen molar-refractivity contribution in [3.05, 3.63) is 37.9 Å². The van der Waals surface area contributed by atoms with Gasteiger partial charge >= 0.3 is 11.8 Å². The highest BCUT2D eigenvalue weighted by molar-refractivity contribution is 7.17. The summed E-state index contributed by atoms with van der Waals surface area (Å²) in [6.07, 6.45) is 3.64. The zero-order valence-corrected chi connectivity index (χ0v) is 14.3. The number of carbonyl (C=O) groups is 2. The molecule has 0 saturated carbocycles. The van der Waals surface area contributed by atoms with E-state index in [1.54, 1.807) is 6.92 Å². The monoisotopic (exact) mass is 364 g/mol. The fourth-order valence-electron chi connectivity index (χ4n) is 2.76. The first kappa shape index (κ1) is 17.1. The van der Waals surface area contributed by atoms with Crippen LogP contribution in [0.4, 0.5) is 10.8 Å². The molecular formula is C15H16N4O5S. The van der Waals surface area contributed by atoms with Gasteiger partial charge in [-0.05, 0) is 43.1 Å². The number of ether oxygens (including phenoxy) is 1. The number of fused-ring (bicyclic) bond motifs is 1. The highest BCUT2D eigenvalue weighted by Gasteiger charge is 2.28. The quantitative estimate of drug-likeness (QED) is 0.477. The molecule has 2 aromatic rings. The van der Waals surface area contributed by atoms with Crippen molar-refractivity contribution in [3.63, 3.8) is 0 Å². The third-order valence-corrected chi connectivity index (χ3v) is 5.08. The standard InChI is InChI=1S/C15H16N4O5S/c1-2-24-15(21)12-8-5-3-4-6-10(8)25-14(12)16-13(20)9-7-11(18-17-9)19(22)23/h7H,2-6H2,1H3,(H,16,20)(H,17,18). The van der Waals surface area contributed by atoms with Gasteiger partial charge in [-0.2, -0.15) is 0 Å². The highest BCUT2D eigenvalue weighted by Crippen LogP contribution is 2.38. The number of amides is 1. The van der Waals surface area contributed by atoms with Crippen LogP contribution in [-0.2, 0) is 17.6 Å². The number of aryl methyl sites for hydroxylation is 1. The molecule has 0 aliphatic heterocycles. The molecule has 0 saturated heterocycles. The maximum absolute atomic E-state index is 12.3. The van der Waals surface area contributed by atoms with E-state index < -0.39 is 16.8 Å². The van der Waals surface area contributed by atoms with E-state index in [1.807, 2.05) is 0 Å². The molecule has 0 spiro atoms. The van der Waals surface area contributed by atoms with Crippen LogP contribution in [0.25, 0.3) is 0 Å². The van der Waals surface area contributed by atoms with Crippen molar-refractivity contribution >= 4 is 34.0 Å². The summed E-state index contributed by atoms with van der Waals surface area (Å²) in [5.41, 5.74) is 1.20. The summed E-state index contributed by atoms with van der Waals surface area (Å²) < 4.78 is 5.12. The van der Waals surface area contributed by atoms with Crippen LogP contribution in [0.3, 0.4) is 0 Å². The molecule has 2 aromatic heterocycles. The van der Waals surface area contributed by atoms with Crippen molar-refractivity contribution in [2.45, 2.75) is 32.6 Å². The molecular weight excluding hydrogens is 348 g/mol. The van der Waals surface area contributed by atoms with E-state index in [9.17, 15) is 19.7 Å². The normalized spacial score (nSPS) is 13.2. The summed E-state index contributed by atoms with van der Waals surface area (Å²) in [4.78, 5) is 35.8. The number of carbonyl (C=O) groups excluding carboxylic acids is 2. The molecule has 0 unspecified atom stereocenters. The molecule has 0 aromatic carbocycles. The maximum Gasteiger partial charge on any atom is 0.343 e. The summed E-state index contributed by atoms with van der Waals surface area (Å²) in [5.74, 6) is -1.46. The Bertz CT molecular complexity index is 841. The van der Waals surface area contributed by atoms with Gasteiger partial charge in [-0.1, -0.05) is 5.10 Å². The van der Waals surface area contributed by atoms with E-state index in [0.717, 1.165) is 42.2 Å². The molecule has 0 radical (unpaired) electrons. The van der Waals surface area contributed by atoms with Crippen molar-refractivity contribution in [1.29, 1.82) is 0 Å². The number of hydrogen-bond acceptors (Lipinski definition) is 7. The van der Waals surface area contributed by atoms with Gasteiger partial charge in [-0.3, -0.25) is 4.79 Å². The second-order valence-electron chi connectivity index (χ2n) is 5.49.